The van der Waals surface area contributed by atoms with Crippen LogP contribution < -0.4 is 15.3 Å². The molecule has 0 aromatic carbocycles. The van der Waals surface area contributed by atoms with Crippen molar-refractivity contribution in [3.8, 4) is 0 Å². The van der Waals surface area contributed by atoms with Crippen molar-refractivity contribution in [2.45, 2.75) is 19.8 Å². The molecule has 5 heteroatoms. The molecule has 0 radical (unpaired) electrons. The number of nitrogens with one attached hydrogen (secondary N) is 2. The third kappa shape index (κ3) is 18.4. The minimum atomic E-state index is -0.995. The lowest BCUT2D eigenvalue weighted by Crippen LogP contribution is -3.05. The molecule has 0 spiro atoms. The van der Waals surface area contributed by atoms with Gasteiger partial charge in [0.05, 0.1) is 20.6 Å². The molecule has 0 aromatic heterocycles. The van der Waals surface area contributed by atoms with E-state index in [4.69, 9.17) is 0 Å². The topological polar surface area (TPSA) is 73.7 Å². The largest absolute Gasteiger partial charge is 0.550 e. The van der Waals surface area contributed by atoms with Gasteiger partial charge >= 0.3 is 0 Å². The molecule has 0 unspecified atom stereocenters. The van der Waals surface area contributed by atoms with Crippen LogP contribution in [-0.4, -0.2) is 39.1 Å². The molecule has 0 rings (SSSR count). The zero-order valence-corrected chi connectivity index (χ0v) is 10.3. The predicted octanol–water partition coefficient (Wildman–Crippen LogP) is -2.03. The summed E-state index contributed by atoms with van der Waals surface area (Å²) in [5.74, 6) is -1.08. The fourth-order valence-electron chi connectivity index (χ4n) is 0.726. The second kappa shape index (κ2) is 11.7. The van der Waals surface area contributed by atoms with Gasteiger partial charge in [-0.25, -0.2) is 0 Å². The maximum Gasteiger partial charge on any atom is 0.243 e. The van der Waals surface area contributed by atoms with Gasteiger partial charge in [0.1, 0.15) is 0 Å². The number of aliphatic carboxylic acids is 1. The van der Waals surface area contributed by atoms with Crippen molar-refractivity contribution in [3.63, 3.8) is 0 Å². The highest BCUT2D eigenvalue weighted by Crippen LogP contribution is 1.70. The third-order valence-corrected chi connectivity index (χ3v) is 1.63. The number of hydrogen-bond donors (Lipinski definition) is 2. The first-order chi connectivity index (χ1) is 7.43. The number of carbonyl (C=O) groups excluding carboxylic acids is 2. The van der Waals surface area contributed by atoms with Crippen LogP contribution in [0.4, 0.5) is 0 Å². The predicted molar refractivity (Wildman–Crippen MR) is 60.8 cm³/mol. The van der Waals surface area contributed by atoms with E-state index < -0.39 is 5.97 Å². The maximum atomic E-state index is 10.6. The van der Waals surface area contributed by atoms with Gasteiger partial charge in [-0.05, 0) is 12.5 Å². The molecule has 0 bridgehead atoms. The highest BCUT2D eigenvalue weighted by Gasteiger charge is 1.94. The SMILES string of the molecule is C=CC(=O)NCCC[NH+](C)C.CCC(=O)[O-]. The normalized spacial score (nSPS) is 9.00. The second-order valence-electron chi connectivity index (χ2n) is 3.53. The Bertz CT molecular complexity index is 215. The Morgan fingerprint density at radius 1 is 1.44 bits per heavy atom. The molecule has 94 valence electrons. The number of carboxylic acid groups (broad SMARTS) is 1. The van der Waals surface area contributed by atoms with Gasteiger partial charge in [0.15, 0.2) is 0 Å². The Morgan fingerprint density at radius 3 is 2.25 bits per heavy atom. The number of carbonyl (C=O) groups is 2. The van der Waals surface area contributed by atoms with Crippen LogP contribution in [0.5, 0.6) is 0 Å². The molecule has 0 saturated carbocycles. The van der Waals surface area contributed by atoms with E-state index in [9.17, 15) is 14.7 Å². The summed E-state index contributed by atoms with van der Waals surface area (Å²) in [6.45, 7) is 6.72. The zero-order valence-electron chi connectivity index (χ0n) is 10.3. The van der Waals surface area contributed by atoms with E-state index in [1.165, 1.54) is 17.9 Å². The molecule has 0 aliphatic carbocycles. The van der Waals surface area contributed by atoms with Gasteiger partial charge in [0.25, 0.3) is 0 Å². The average Bonchev–Trinajstić information content (AvgIpc) is 2.24. The highest BCUT2D eigenvalue weighted by atomic mass is 16.4. The van der Waals surface area contributed by atoms with E-state index in [-0.39, 0.29) is 12.3 Å². The zero-order chi connectivity index (χ0) is 13.0. The van der Waals surface area contributed by atoms with Gasteiger partial charge in [-0.15, -0.1) is 0 Å². The third-order valence-electron chi connectivity index (χ3n) is 1.63. The molecule has 0 fully saturated rings. The maximum absolute atomic E-state index is 10.6. The van der Waals surface area contributed by atoms with E-state index in [1.807, 2.05) is 0 Å². The highest BCUT2D eigenvalue weighted by molar-refractivity contribution is 5.86. The van der Waals surface area contributed by atoms with Gasteiger partial charge in [0, 0.05) is 18.9 Å². The van der Waals surface area contributed by atoms with Crippen molar-refractivity contribution < 1.29 is 19.6 Å². The summed E-state index contributed by atoms with van der Waals surface area (Å²) in [6.07, 6.45) is 2.42. The van der Waals surface area contributed by atoms with Crippen molar-refractivity contribution in [1.29, 1.82) is 0 Å². The van der Waals surface area contributed by atoms with Gasteiger partial charge in [-0.2, -0.15) is 0 Å². The van der Waals surface area contributed by atoms with Crippen LogP contribution in [0.2, 0.25) is 0 Å². The minimum Gasteiger partial charge on any atom is -0.550 e. The number of carboxylic acids is 1. The first kappa shape index (κ1) is 17.0. The lowest BCUT2D eigenvalue weighted by atomic mass is 10.4. The monoisotopic (exact) mass is 230 g/mol. The number of rotatable bonds is 6. The summed E-state index contributed by atoms with van der Waals surface area (Å²) in [4.78, 5) is 21.3. The van der Waals surface area contributed by atoms with Gasteiger partial charge in [-0.3, -0.25) is 4.79 Å². The fraction of sp³-hybridized carbons (Fsp3) is 0.636. The van der Waals surface area contributed by atoms with Gasteiger partial charge in [-0.1, -0.05) is 13.5 Å². The molecule has 0 atom stereocenters. The average molecular weight is 230 g/mol. The Morgan fingerprint density at radius 2 is 1.94 bits per heavy atom. The Balaban J connectivity index is 0. The summed E-state index contributed by atoms with van der Waals surface area (Å²) in [7, 11) is 4.19. The lowest BCUT2D eigenvalue weighted by Gasteiger charge is -2.06. The smallest absolute Gasteiger partial charge is 0.243 e. The summed E-state index contributed by atoms with van der Waals surface area (Å²) >= 11 is 0. The molecule has 5 nitrogen and oxygen atoms in total. The molecule has 2 N–H and O–H groups in total. The molecule has 1 amide bonds. The lowest BCUT2D eigenvalue weighted by molar-refractivity contribution is -0.858. The first-order valence-electron chi connectivity index (χ1n) is 5.33. The Labute approximate surface area is 97.1 Å². The number of quaternary nitrogens is 1. The van der Waals surface area contributed by atoms with Gasteiger partial charge in [0.2, 0.25) is 5.91 Å². The Hall–Kier alpha value is -1.36. The summed E-state index contributed by atoms with van der Waals surface area (Å²) < 4.78 is 0. The summed E-state index contributed by atoms with van der Waals surface area (Å²) in [5, 5.41) is 12.0. The summed E-state index contributed by atoms with van der Waals surface area (Å²) in [5.41, 5.74) is 0. The van der Waals surface area contributed by atoms with E-state index in [0.717, 1.165) is 19.5 Å². The standard InChI is InChI=1S/C8H16N2O.C3H6O2/c1-4-8(11)9-6-5-7-10(2)3;1-2-3(4)5/h4H,1,5-7H2,2-3H3,(H,9,11);2H2,1H3,(H,4,5). The van der Waals surface area contributed by atoms with Crippen molar-refractivity contribution in [1.82, 2.24) is 5.32 Å². The molecule has 0 saturated heterocycles. The molecule has 0 aliphatic rings. The fourth-order valence-corrected chi connectivity index (χ4v) is 0.726. The van der Waals surface area contributed by atoms with Crippen molar-refractivity contribution in [2.75, 3.05) is 27.2 Å². The Kier molecular flexibility index (Phi) is 12.5. The van der Waals surface area contributed by atoms with Crippen molar-refractivity contribution in [3.05, 3.63) is 12.7 Å². The van der Waals surface area contributed by atoms with Crippen LogP contribution in [-0.2, 0) is 9.59 Å². The van der Waals surface area contributed by atoms with Crippen LogP contribution in [0.3, 0.4) is 0 Å². The van der Waals surface area contributed by atoms with Crippen LogP contribution in [0.1, 0.15) is 19.8 Å². The van der Waals surface area contributed by atoms with Crippen molar-refractivity contribution >= 4 is 11.9 Å². The summed E-state index contributed by atoms with van der Waals surface area (Å²) in [6, 6.07) is 0. The minimum absolute atomic E-state index is 0.0845. The van der Waals surface area contributed by atoms with E-state index >= 15 is 0 Å². The molecule has 0 aromatic rings. The molecule has 0 aliphatic heterocycles. The molecular formula is C11H22N2O3. The van der Waals surface area contributed by atoms with E-state index in [1.54, 1.807) is 0 Å². The van der Waals surface area contributed by atoms with E-state index in [2.05, 4.69) is 26.0 Å². The molecular weight excluding hydrogens is 208 g/mol. The number of hydrogen-bond acceptors (Lipinski definition) is 3. The van der Waals surface area contributed by atoms with Crippen molar-refractivity contribution in [2.24, 2.45) is 0 Å². The van der Waals surface area contributed by atoms with E-state index in [0.29, 0.717) is 0 Å². The first-order valence-corrected chi connectivity index (χ1v) is 5.33. The second-order valence-corrected chi connectivity index (χ2v) is 3.53. The number of amides is 1. The van der Waals surface area contributed by atoms with Gasteiger partial charge < -0.3 is 20.1 Å². The van der Waals surface area contributed by atoms with Crippen LogP contribution >= 0.6 is 0 Å². The quantitative estimate of drug-likeness (QED) is 0.408. The molecule has 16 heavy (non-hydrogen) atoms. The van der Waals surface area contributed by atoms with Crippen LogP contribution in [0.25, 0.3) is 0 Å². The van der Waals surface area contributed by atoms with Crippen LogP contribution in [0, 0.1) is 0 Å². The van der Waals surface area contributed by atoms with Crippen LogP contribution in [0.15, 0.2) is 12.7 Å². The molecule has 0 heterocycles.